The maximum atomic E-state index is 12.6. The predicted octanol–water partition coefficient (Wildman–Crippen LogP) is 2.84. The molecule has 0 fully saturated rings. The Balaban J connectivity index is 2.35. The van der Waals surface area contributed by atoms with Gasteiger partial charge in [-0.2, -0.15) is 18.3 Å². The van der Waals surface area contributed by atoms with Crippen LogP contribution in [-0.2, 0) is 12.7 Å². The summed E-state index contributed by atoms with van der Waals surface area (Å²) < 4.78 is 39.4. The monoisotopic (exact) mass is 269 g/mol. The van der Waals surface area contributed by atoms with Gasteiger partial charge in [-0.25, -0.2) is 0 Å². The maximum Gasteiger partial charge on any atom is 0.416 e. The fourth-order valence-electron chi connectivity index (χ4n) is 1.92. The SMILES string of the molecule is Cc1cc(C(F)(F)F)ccc1-c1cnn(CCN)c1. The average Bonchev–Trinajstić information content (AvgIpc) is 2.76. The van der Waals surface area contributed by atoms with Crippen LogP contribution in [0.3, 0.4) is 0 Å². The molecule has 2 aromatic rings. The van der Waals surface area contributed by atoms with Crippen molar-refractivity contribution in [3.63, 3.8) is 0 Å². The second-order valence-electron chi connectivity index (χ2n) is 4.31. The summed E-state index contributed by atoms with van der Waals surface area (Å²) >= 11 is 0. The molecule has 2 rings (SSSR count). The minimum absolute atomic E-state index is 0.465. The first-order chi connectivity index (χ1) is 8.91. The quantitative estimate of drug-likeness (QED) is 0.931. The lowest BCUT2D eigenvalue weighted by Gasteiger charge is -2.10. The molecule has 1 aromatic heterocycles. The normalized spacial score (nSPS) is 11.8. The van der Waals surface area contributed by atoms with Gasteiger partial charge in [-0.05, 0) is 30.2 Å². The van der Waals surface area contributed by atoms with Gasteiger partial charge in [-0.3, -0.25) is 4.68 Å². The number of nitrogens with two attached hydrogens (primary N) is 1. The lowest BCUT2D eigenvalue weighted by atomic mass is 10.0. The first kappa shape index (κ1) is 13.6. The van der Waals surface area contributed by atoms with Gasteiger partial charge in [-0.1, -0.05) is 6.07 Å². The van der Waals surface area contributed by atoms with Gasteiger partial charge in [0, 0.05) is 18.3 Å². The van der Waals surface area contributed by atoms with Crippen LogP contribution in [0.5, 0.6) is 0 Å². The molecular formula is C13H14F3N3. The number of hydrogen-bond acceptors (Lipinski definition) is 2. The highest BCUT2D eigenvalue weighted by atomic mass is 19.4. The number of nitrogens with zero attached hydrogens (tertiary/aromatic N) is 2. The van der Waals surface area contributed by atoms with Crippen molar-refractivity contribution in [2.24, 2.45) is 5.73 Å². The van der Waals surface area contributed by atoms with E-state index in [9.17, 15) is 13.2 Å². The summed E-state index contributed by atoms with van der Waals surface area (Å²) in [6, 6.07) is 3.71. The molecule has 0 unspecified atom stereocenters. The first-order valence-corrected chi connectivity index (χ1v) is 5.82. The van der Waals surface area contributed by atoms with Gasteiger partial charge in [0.25, 0.3) is 0 Å². The first-order valence-electron chi connectivity index (χ1n) is 5.82. The third-order valence-electron chi connectivity index (χ3n) is 2.86. The van der Waals surface area contributed by atoms with Crippen LogP contribution >= 0.6 is 0 Å². The number of hydrogen-bond donors (Lipinski definition) is 1. The molecule has 3 nitrogen and oxygen atoms in total. The van der Waals surface area contributed by atoms with E-state index in [0.717, 1.165) is 23.3 Å². The van der Waals surface area contributed by atoms with Crippen LogP contribution in [0.4, 0.5) is 13.2 Å². The van der Waals surface area contributed by atoms with Gasteiger partial charge in [0.2, 0.25) is 0 Å². The summed E-state index contributed by atoms with van der Waals surface area (Å²) in [5.41, 5.74) is 6.89. The Kier molecular flexibility index (Phi) is 3.61. The fourth-order valence-corrected chi connectivity index (χ4v) is 1.92. The highest BCUT2D eigenvalue weighted by molar-refractivity contribution is 5.66. The summed E-state index contributed by atoms with van der Waals surface area (Å²) in [4.78, 5) is 0. The van der Waals surface area contributed by atoms with Gasteiger partial charge >= 0.3 is 6.18 Å². The Hall–Kier alpha value is -1.82. The van der Waals surface area contributed by atoms with Gasteiger partial charge in [0.15, 0.2) is 0 Å². The Bertz CT molecular complexity index is 573. The van der Waals surface area contributed by atoms with Gasteiger partial charge in [-0.15, -0.1) is 0 Å². The summed E-state index contributed by atoms with van der Waals surface area (Å²) in [5.74, 6) is 0. The van der Waals surface area contributed by atoms with Crippen LogP contribution in [0.1, 0.15) is 11.1 Å². The number of aromatic nitrogens is 2. The van der Waals surface area contributed by atoms with Crippen LogP contribution in [-0.4, -0.2) is 16.3 Å². The summed E-state index contributed by atoms with van der Waals surface area (Å²) in [6.07, 6.45) is -0.902. The van der Waals surface area contributed by atoms with Crippen LogP contribution in [0, 0.1) is 6.92 Å². The molecule has 19 heavy (non-hydrogen) atoms. The molecule has 0 bridgehead atoms. The lowest BCUT2D eigenvalue weighted by molar-refractivity contribution is -0.137. The van der Waals surface area contributed by atoms with E-state index in [0.29, 0.717) is 18.7 Å². The molecule has 0 spiro atoms. The Labute approximate surface area is 108 Å². The van der Waals surface area contributed by atoms with Crippen molar-refractivity contribution in [3.8, 4) is 11.1 Å². The standard InChI is InChI=1S/C13H14F3N3/c1-9-6-11(13(14,15)16)2-3-12(9)10-7-18-19(8-10)5-4-17/h2-3,6-8H,4-5,17H2,1H3. The maximum absolute atomic E-state index is 12.6. The predicted molar refractivity (Wildman–Crippen MR) is 66.5 cm³/mol. The van der Waals surface area contributed by atoms with Crippen LogP contribution < -0.4 is 5.73 Å². The number of aryl methyl sites for hydroxylation is 1. The molecule has 102 valence electrons. The van der Waals surface area contributed by atoms with E-state index in [1.165, 1.54) is 6.07 Å². The third-order valence-corrected chi connectivity index (χ3v) is 2.86. The largest absolute Gasteiger partial charge is 0.416 e. The van der Waals surface area contributed by atoms with E-state index in [1.54, 1.807) is 24.0 Å². The smallest absolute Gasteiger partial charge is 0.329 e. The highest BCUT2D eigenvalue weighted by Crippen LogP contribution is 2.32. The van der Waals surface area contributed by atoms with Crippen LogP contribution in [0.15, 0.2) is 30.6 Å². The Morgan fingerprint density at radius 1 is 1.32 bits per heavy atom. The molecule has 6 heteroatoms. The molecule has 0 aliphatic heterocycles. The van der Waals surface area contributed by atoms with Crippen molar-refractivity contribution in [1.29, 1.82) is 0 Å². The Morgan fingerprint density at radius 3 is 2.63 bits per heavy atom. The third kappa shape index (κ3) is 2.96. The number of rotatable bonds is 3. The molecule has 0 saturated carbocycles. The lowest BCUT2D eigenvalue weighted by Crippen LogP contribution is -2.09. The highest BCUT2D eigenvalue weighted by Gasteiger charge is 2.30. The number of halogens is 3. The van der Waals surface area contributed by atoms with Gasteiger partial charge in [0.05, 0.1) is 18.3 Å². The number of alkyl halides is 3. The molecule has 0 aliphatic carbocycles. The molecule has 0 aliphatic rings. The van der Waals surface area contributed by atoms with E-state index in [2.05, 4.69) is 5.10 Å². The minimum Gasteiger partial charge on any atom is -0.329 e. The molecule has 1 heterocycles. The van der Waals surface area contributed by atoms with E-state index in [1.807, 2.05) is 0 Å². The van der Waals surface area contributed by atoms with Crippen molar-refractivity contribution in [2.45, 2.75) is 19.6 Å². The van der Waals surface area contributed by atoms with Crippen LogP contribution in [0.25, 0.3) is 11.1 Å². The topological polar surface area (TPSA) is 43.8 Å². The average molecular weight is 269 g/mol. The molecule has 0 amide bonds. The second-order valence-corrected chi connectivity index (χ2v) is 4.31. The zero-order chi connectivity index (χ0) is 14.0. The fraction of sp³-hybridized carbons (Fsp3) is 0.308. The van der Waals surface area contributed by atoms with E-state index < -0.39 is 11.7 Å². The van der Waals surface area contributed by atoms with E-state index >= 15 is 0 Å². The van der Waals surface area contributed by atoms with Crippen molar-refractivity contribution in [1.82, 2.24) is 9.78 Å². The van der Waals surface area contributed by atoms with Crippen molar-refractivity contribution in [3.05, 3.63) is 41.7 Å². The Morgan fingerprint density at radius 2 is 2.05 bits per heavy atom. The summed E-state index contributed by atoms with van der Waals surface area (Å²) in [6.45, 7) is 2.71. The second kappa shape index (κ2) is 5.05. The number of benzene rings is 1. The zero-order valence-electron chi connectivity index (χ0n) is 10.4. The molecule has 2 N–H and O–H groups in total. The summed E-state index contributed by atoms with van der Waals surface area (Å²) in [5, 5.41) is 4.11. The van der Waals surface area contributed by atoms with E-state index in [4.69, 9.17) is 5.73 Å². The molecular weight excluding hydrogens is 255 g/mol. The van der Waals surface area contributed by atoms with Gasteiger partial charge in [0.1, 0.15) is 0 Å². The minimum atomic E-state index is -4.31. The van der Waals surface area contributed by atoms with Crippen molar-refractivity contribution in [2.75, 3.05) is 6.54 Å². The van der Waals surface area contributed by atoms with Crippen molar-refractivity contribution < 1.29 is 13.2 Å². The van der Waals surface area contributed by atoms with E-state index in [-0.39, 0.29) is 0 Å². The molecule has 0 radical (unpaired) electrons. The zero-order valence-corrected chi connectivity index (χ0v) is 10.4. The molecule has 0 saturated heterocycles. The molecule has 1 aromatic carbocycles. The molecule has 0 atom stereocenters. The summed E-state index contributed by atoms with van der Waals surface area (Å²) in [7, 11) is 0. The van der Waals surface area contributed by atoms with Crippen molar-refractivity contribution >= 4 is 0 Å². The van der Waals surface area contributed by atoms with Gasteiger partial charge < -0.3 is 5.73 Å². The van der Waals surface area contributed by atoms with Crippen LogP contribution in [0.2, 0.25) is 0 Å².